The maximum absolute atomic E-state index is 12.2. The number of amides is 1. The number of carboxylic acid groups (broad SMARTS) is 1. The summed E-state index contributed by atoms with van der Waals surface area (Å²) in [5.74, 6) is -0.166. The van der Waals surface area contributed by atoms with E-state index in [1.165, 1.54) is 4.68 Å². The Balaban J connectivity index is 1.68. The summed E-state index contributed by atoms with van der Waals surface area (Å²) in [5.41, 5.74) is 1.35. The minimum absolute atomic E-state index is 0.0557. The van der Waals surface area contributed by atoms with Crippen molar-refractivity contribution in [3.8, 4) is 17.1 Å². The molecule has 3 aromatic rings. The average Bonchev–Trinajstić information content (AvgIpc) is 3.10. The molecule has 0 atom stereocenters. The zero-order chi connectivity index (χ0) is 19.9. The van der Waals surface area contributed by atoms with Gasteiger partial charge in [-0.2, -0.15) is 0 Å². The summed E-state index contributed by atoms with van der Waals surface area (Å²) in [5, 5.41) is 16.4. The normalized spacial score (nSPS) is 10.5. The molecule has 0 radical (unpaired) electrons. The number of aliphatic carboxylic acids is 1. The van der Waals surface area contributed by atoms with Crippen molar-refractivity contribution in [1.82, 2.24) is 19.7 Å². The number of ether oxygens (including phenoxy) is 1. The van der Waals surface area contributed by atoms with Crippen molar-refractivity contribution in [3.05, 3.63) is 48.8 Å². The zero-order valence-corrected chi connectivity index (χ0v) is 15.7. The molecule has 0 bridgehead atoms. The lowest BCUT2D eigenvalue weighted by Gasteiger charge is -2.06. The van der Waals surface area contributed by atoms with Crippen molar-refractivity contribution in [2.24, 2.45) is 0 Å². The number of methoxy groups -OCH3 is 1. The van der Waals surface area contributed by atoms with Crippen LogP contribution in [0.4, 0.5) is 5.69 Å². The molecule has 28 heavy (non-hydrogen) atoms. The number of rotatable bonds is 8. The van der Waals surface area contributed by atoms with Crippen LogP contribution in [0, 0.1) is 0 Å². The fourth-order valence-electron chi connectivity index (χ4n) is 2.29. The van der Waals surface area contributed by atoms with E-state index in [0.717, 1.165) is 11.8 Å². The van der Waals surface area contributed by atoms with Crippen LogP contribution in [0.2, 0.25) is 0 Å². The quantitative estimate of drug-likeness (QED) is 0.553. The number of aromatic nitrogens is 4. The van der Waals surface area contributed by atoms with Crippen molar-refractivity contribution in [2.75, 3.05) is 18.2 Å². The maximum atomic E-state index is 12.2. The molecular weight excluding hydrogens is 382 g/mol. The number of nitrogens with one attached hydrogen (secondary N) is 1. The molecule has 1 aromatic carbocycles. The van der Waals surface area contributed by atoms with Gasteiger partial charge in [0, 0.05) is 23.6 Å². The Morgan fingerprint density at radius 2 is 1.89 bits per heavy atom. The lowest BCUT2D eigenvalue weighted by Crippen LogP contribution is -2.16. The Kier molecular flexibility index (Phi) is 6.22. The number of carbonyl (C=O) groups excluding carboxylic acids is 1. The molecule has 0 fully saturated rings. The summed E-state index contributed by atoms with van der Waals surface area (Å²) in [4.78, 5) is 31.6. The second kappa shape index (κ2) is 9.00. The van der Waals surface area contributed by atoms with E-state index in [9.17, 15) is 9.59 Å². The molecule has 0 aliphatic rings. The van der Waals surface area contributed by atoms with E-state index in [1.807, 2.05) is 0 Å². The number of hydrogen-bond donors (Lipinski definition) is 2. The number of pyridine rings is 1. The third-order valence-electron chi connectivity index (χ3n) is 3.57. The smallest absolute Gasteiger partial charge is 0.325 e. The first kappa shape index (κ1) is 19.4. The van der Waals surface area contributed by atoms with Gasteiger partial charge in [0.05, 0.1) is 12.9 Å². The molecule has 9 nitrogen and oxygen atoms in total. The molecule has 10 heteroatoms. The molecule has 2 heterocycles. The highest BCUT2D eigenvalue weighted by Gasteiger charge is 2.16. The lowest BCUT2D eigenvalue weighted by atomic mass is 10.3. The van der Waals surface area contributed by atoms with Crippen LogP contribution in [-0.4, -0.2) is 49.6 Å². The van der Waals surface area contributed by atoms with E-state index in [1.54, 1.807) is 55.9 Å². The highest BCUT2D eigenvalue weighted by atomic mass is 32.2. The third-order valence-corrected chi connectivity index (χ3v) is 4.53. The summed E-state index contributed by atoms with van der Waals surface area (Å²) in [7, 11) is 1.57. The number of benzene rings is 1. The molecule has 0 spiro atoms. The Hall–Kier alpha value is -3.40. The van der Waals surface area contributed by atoms with E-state index in [0.29, 0.717) is 28.0 Å². The minimum Gasteiger partial charge on any atom is -0.497 e. The van der Waals surface area contributed by atoms with Gasteiger partial charge in [-0.3, -0.25) is 14.6 Å². The fourth-order valence-corrected chi connectivity index (χ4v) is 3.03. The summed E-state index contributed by atoms with van der Waals surface area (Å²) in [6.45, 7) is -0.347. The van der Waals surface area contributed by atoms with Crippen molar-refractivity contribution in [3.63, 3.8) is 0 Å². The van der Waals surface area contributed by atoms with E-state index in [-0.39, 0.29) is 18.2 Å². The molecular formula is C18H17N5O4S. The molecule has 2 aromatic heterocycles. The summed E-state index contributed by atoms with van der Waals surface area (Å²) in [6, 6.07) is 10.4. The Morgan fingerprint density at radius 1 is 1.18 bits per heavy atom. The van der Waals surface area contributed by atoms with Gasteiger partial charge < -0.3 is 15.2 Å². The topological polar surface area (TPSA) is 119 Å². The number of thioether (sulfide) groups is 1. The highest BCUT2D eigenvalue weighted by molar-refractivity contribution is 7.99. The van der Waals surface area contributed by atoms with E-state index < -0.39 is 5.97 Å². The largest absolute Gasteiger partial charge is 0.497 e. The van der Waals surface area contributed by atoms with Gasteiger partial charge in [-0.25, -0.2) is 9.67 Å². The fraction of sp³-hybridized carbons (Fsp3) is 0.167. The Morgan fingerprint density at radius 3 is 2.54 bits per heavy atom. The van der Waals surface area contributed by atoms with Crippen LogP contribution in [-0.2, 0) is 16.1 Å². The number of nitrogens with zero attached hydrogens (tertiary/aromatic N) is 4. The van der Waals surface area contributed by atoms with Gasteiger partial charge in [0.25, 0.3) is 0 Å². The van der Waals surface area contributed by atoms with Gasteiger partial charge in [0.1, 0.15) is 12.3 Å². The molecule has 0 saturated carbocycles. The van der Waals surface area contributed by atoms with Gasteiger partial charge in [-0.15, -0.1) is 5.10 Å². The van der Waals surface area contributed by atoms with E-state index in [4.69, 9.17) is 9.84 Å². The van der Waals surface area contributed by atoms with Crippen LogP contribution in [0.3, 0.4) is 0 Å². The second-order valence-electron chi connectivity index (χ2n) is 5.57. The molecule has 2 N–H and O–H groups in total. The monoisotopic (exact) mass is 399 g/mol. The second-order valence-corrected chi connectivity index (χ2v) is 6.51. The minimum atomic E-state index is -1.05. The first-order chi connectivity index (χ1) is 13.5. The average molecular weight is 399 g/mol. The van der Waals surface area contributed by atoms with Crippen LogP contribution in [0.15, 0.2) is 53.9 Å². The van der Waals surface area contributed by atoms with Crippen LogP contribution in [0.5, 0.6) is 5.75 Å². The number of anilines is 1. The van der Waals surface area contributed by atoms with Crippen LogP contribution in [0.25, 0.3) is 11.4 Å². The zero-order valence-electron chi connectivity index (χ0n) is 14.9. The van der Waals surface area contributed by atoms with Gasteiger partial charge in [-0.1, -0.05) is 11.8 Å². The molecule has 144 valence electrons. The lowest BCUT2D eigenvalue weighted by molar-refractivity contribution is -0.138. The summed E-state index contributed by atoms with van der Waals surface area (Å²) < 4.78 is 6.34. The van der Waals surface area contributed by atoms with Crippen LogP contribution < -0.4 is 10.1 Å². The standard InChI is InChI=1S/C18H17N5O4S/c1-27-14-4-2-13(3-5-14)20-15(24)11-28-18-21-17(12-6-8-19-9-7-12)22-23(18)10-16(25)26/h2-9H,10-11H2,1H3,(H,20,24)(H,25,26). The molecule has 0 aliphatic heterocycles. The Bertz CT molecular complexity index is 960. The summed E-state index contributed by atoms with van der Waals surface area (Å²) in [6.07, 6.45) is 3.20. The van der Waals surface area contributed by atoms with Crippen LogP contribution in [0.1, 0.15) is 0 Å². The maximum Gasteiger partial charge on any atom is 0.325 e. The third kappa shape index (κ3) is 5.07. The van der Waals surface area contributed by atoms with Gasteiger partial charge in [0.2, 0.25) is 5.91 Å². The van der Waals surface area contributed by atoms with Gasteiger partial charge >= 0.3 is 5.97 Å². The predicted molar refractivity (Wildman–Crippen MR) is 103 cm³/mol. The van der Waals surface area contributed by atoms with Crippen LogP contribution >= 0.6 is 11.8 Å². The first-order valence-electron chi connectivity index (χ1n) is 8.19. The Labute approximate surface area is 164 Å². The molecule has 1 amide bonds. The molecule has 3 rings (SSSR count). The number of carbonyl (C=O) groups is 2. The number of carboxylic acids is 1. The summed E-state index contributed by atoms with van der Waals surface area (Å²) >= 11 is 1.11. The van der Waals surface area contributed by atoms with Crippen molar-refractivity contribution >= 4 is 29.3 Å². The SMILES string of the molecule is COc1ccc(NC(=O)CSc2nc(-c3ccncc3)nn2CC(=O)O)cc1. The molecule has 0 saturated heterocycles. The molecule has 0 aliphatic carbocycles. The van der Waals surface area contributed by atoms with E-state index >= 15 is 0 Å². The first-order valence-corrected chi connectivity index (χ1v) is 9.17. The van der Waals surface area contributed by atoms with Crippen molar-refractivity contribution in [1.29, 1.82) is 0 Å². The molecule has 0 unspecified atom stereocenters. The van der Waals surface area contributed by atoms with E-state index in [2.05, 4.69) is 20.4 Å². The predicted octanol–water partition coefficient (Wildman–Crippen LogP) is 2.16. The van der Waals surface area contributed by atoms with Crippen molar-refractivity contribution < 1.29 is 19.4 Å². The van der Waals surface area contributed by atoms with Crippen molar-refractivity contribution in [2.45, 2.75) is 11.7 Å². The van der Waals surface area contributed by atoms with Gasteiger partial charge in [0.15, 0.2) is 11.0 Å². The van der Waals surface area contributed by atoms with Gasteiger partial charge in [-0.05, 0) is 36.4 Å². The highest BCUT2D eigenvalue weighted by Crippen LogP contribution is 2.22. The number of hydrogen-bond acceptors (Lipinski definition) is 7.